The minimum Gasteiger partial charge on any atom is -0.354 e. The number of amides is 1. The van der Waals surface area contributed by atoms with Gasteiger partial charge in [0.25, 0.3) is 0 Å². The van der Waals surface area contributed by atoms with Gasteiger partial charge in [-0.05, 0) is 38.3 Å². The molecule has 0 unspecified atom stereocenters. The minimum absolute atomic E-state index is 0.0709. The van der Waals surface area contributed by atoms with E-state index < -0.39 is 0 Å². The van der Waals surface area contributed by atoms with Gasteiger partial charge in [-0.25, -0.2) is 0 Å². The lowest BCUT2D eigenvalue weighted by Crippen LogP contribution is -2.29. The van der Waals surface area contributed by atoms with E-state index in [0.29, 0.717) is 15.8 Å². The van der Waals surface area contributed by atoms with E-state index in [1.807, 2.05) is 0 Å². The van der Waals surface area contributed by atoms with Gasteiger partial charge in [-0.3, -0.25) is 4.79 Å². The number of aromatic nitrogens is 3. The van der Waals surface area contributed by atoms with Gasteiger partial charge in [0.1, 0.15) is 6.54 Å². The monoisotopic (exact) mass is 338 g/mol. The molecular weight excluding hydrogens is 328 g/mol. The maximum Gasteiger partial charge on any atom is 0.243 e. The van der Waals surface area contributed by atoms with Crippen molar-refractivity contribution in [2.45, 2.75) is 26.3 Å². The van der Waals surface area contributed by atoms with Crippen LogP contribution in [0.3, 0.4) is 0 Å². The molecule has 84 valence electrons. The summed E-state index contributed by atoms with van der Waals surface area (Å²) in [7, 11) is 0. The first-order valence-electron chi connectivity index (χ1n) is 4.66. The molecule has 1 N–H and O–H groups in total. The SMILES string of the molecule is CCCCNC(=O)Cn1nc(Br)c(Br)n1. The summed E-state index contributed by atoms with van der Waals surface area (Å²) >= 11 is 6.39. The van der Waals surface area contributed by atoms with Crippen molar-refractivity contribution in [3.63, 3.8) is 0 Å². The Kier molecular flexibility index (Phi) is 5.24. The Hall–Kier alpha value is -0.430. The Balaban J connectivity index is 2.37. The molecule has 7 heteroatoms. The third kappa shape index (κ3) is 4.29. The van der Waals surface area contributed by atoms with E-state index >= 15 is 0 Å². The topological polar surface area (TPSA) is 59.8 Å². The van der Waals surface area contributed by atoms with Crippen molar-refractivity contribution in [3.05, 3.63) is 9.21 Å². The lowest BCUT2D eigenvalue weighted by Gasteiger charge is -2.02. The highest BCUT2D eigenvalue weighted by molar-refractivity contribution is 9.13. The fraction of sp³-hybridized carbons (Fsp3) is 0.625. The van der Waals surface area contributed by atoms with Crippen molar-refractivity contribution >= 4 is 37.8 Å². The summed E-state index contributed by atoms with van der Waals surface area (Å²) in [5.74, 6) is -0.0709. The van der Waals surface area contributed by atoms with Crippen molar-refractivity contribution in [2.75, 3.05) is 6.54 Å². The second-order valence-corrected chi connectivity index (χ2v) is 4.52. The minimum atomic E-state index is -0.0709. The molecule has 1 amide bonds. The summed E-state index contributed by atoms with van der Waals surface area (Å²) < 4.78 is 1.20. The molecule has 0 aliphatic rings. The van der Waals surface area contributed by atoms with Crippen LogP contribution in [0.2, 0.25) is 0 Å². The van der Waals surface area contributed by atoms with Crippen LogP contribution in [0.5, 0.6) is 0 Å². The number of carbonyl (C=O) groups is 1. The largest absolute Gasteiger partial charge is 0.354 e. The number of halogens is 2. The maximum atomic E-state index is 11.4. The Morgan fingerprint density at radius 2 is 2.00 bits per heavy atom. The highest BCUT2D eigenvalue weighted by Crippen LogP contribution is 2.16. The fourth-order valence-electron chi connectivity index (χ4n) is 0.967. The van der Waals surface area contributed by atoms with E-state index in [1.165, 1.54) is 4.80 Å². The molecule has 15 heavy (non-hydrogen) atoms. The van der Waals surface area contributed by atoms with Gasteiger partial charge < -0.3 is 5.32 Å². The molecule has 0 atom stereocenters. The molecule has 0 fully saturated rings. The Morgan fingerprint density at radius 3 is 2.53 bits per heavy atom. The normalized spacial score (nSPS) is 10.3. The zero-order valence-corrected chi connectivity index (χ0v) is 11.5. The summed E-state index contributed by atoms with van der Waals surface area (Å²) in [5, 5.41) is 10.8. The maximum absolute atomic E-state index is 11.4. The average molecular weight is 340 g/mol. The van der Waals surface area contributed by atoms with Crippen molar-refractivity contribution in [1.82, 2.24) is 20.3 Å². The standard InChI is InChI=1S/C8H12Br2N4O/c1-2-3-4-11-6(15)5-14-12-7(9)8(10)13-14/h2-5H2,1H3,(H,11,15). The molecule has 1 aromatic rings. The van der Waals surface area contributed by atoms with Gasteiger partial charge in [0.15, 0.2) is 9.21 Å². The van der Waals surface area contributed by atoms with Crippen LogP contribution in [0, 0.1) is 0 Å². The molecule has 0 radical (unpaired) electrons. The van der Waals surface area contributed by atoms with Crippen LogP contribution in [0.1, 0.15) is 19.8 Å². The van der Waals surface area contributed by atoms with Crippen molar-refractivity contribution < 1.29 is 4.79 Å². The number of nitrogens with zero attached hydrogens (tertiary/aromatic N) is 3. The number of hydrogen-bond acceptors (Lipinski definition) is 3. The Labute approximate surface area is 105 Å². The van der Waals surface area contributed by atoms with Gasteiger partial charge in [-0.1, -0.05) is 13.3 Å². The Morgan fingerprint density at radius 1 is 1.40 bits per heavy atom. The fourth-order valence-corrected chi connectivity index (χ4v) is 1.49. The van der Waals surface area contributed by atoms with E-state index in [9.17, 15) is 4.79 Å². The smallest absolute Gasteiger partial charge is 0.243 e. The van der Waals surface area contributed by atoms with E-state index in [2.05, 4.69) is 54.3 Å². The predicted molar refractivity (Wildman–Crippen MR) is 63.3 cm³/mol. The van der Waals surface area contributed by atoms with Crippen molar-refractivity contribution in [2.24, 2.45) is 0 Å². The molecule has 0 bridgehead atoms. The number of carbonyl (C=O) groups excluding carboxylic acids is 1. The lowest BCUT2D eigenvalue weighted by molar-refractivity contribution is -0.122. The zero-order valence-electron chi connectivity index (χ0n) is 8.33. The van der Waals surface area contributed by atoms with Crippen LogP contribution >= 0.6 is 31.9 Å². The van der Waals surface area contributed by atoms with Gasteiger partial charge in [0.2, 0.25) is 5.91 Å². The second kappa shape index (κ2) is 6.22. The van der Waals surface area contributed by atoms with Crippen LogP contribution in [0.15, 0.2) is 9.21 Å². The summed E-state index contributed by atoms with van der Waals surface area (Å²) in [6, 6.07) is 0. The number of unbranched alkanes of at least 4 members (excludes halogenated alkanes) is 1. The Bertz CT molecular complexity index is 320. The first-order valence-corrected chi connectivity index (χ1v) is 6.25. The highest BCUT2D eigenvalue weighted by Gasteiger charge is 2.08. The molecule has 0 saturated heterocycles. The predicted octanol–water partition coefficient (Wildman–Crippen LogP) is 1.72. The number of rotatable bonds is 5. The molecule has 1 rings (SSSR count). The van der Waals surface area contributed by atoms with Crippen LogP contribution in [0.25, 0.3) is 0 Å². The molecule has 0 spiro atoms. The molecular formula is C8H12Br2N4O. The van der Waals surface area contributed by atoms with E-state index in [0.717, 1.165) is 12.8 Å². The third-order valence-corrected chi connectivity index (χ3v) is 3.31. The van der Waals surface area contributed by atoms with Crippen LogP contribution in [-0.4, -0.2) is 27.4 Å². The zero-order chi connectivity index (χ0) is 11.3. The first-order chi connectivity index (χ1) is 7.13. The molecule has 0 aromatic carbocycles. The second-order valence-electron chi connectivity index (χ2n) is 3.02. The quantitative estimate of drug-likeness (QED) is 0.831. The van der Waals surface area contributed by atoms with Gasteiger partial charge in [0.05, 0.1) is 0 Å². The summed E-state index contributed by atoms with van der Waals surface area (Å²) in [6.45, 7) is 2.93. The van der Waals surface area contributed by atoms with Crippen LogP contribution in [-0.2, 0) is 11.3 Å². The van der Waals surface area contributed by atoms with Crippen molar-refractivity contribution in [3.8, 4) is 0 Å². The van der Waals surface area contributed by atoms with Crippen molar-refractivity contribution in [1.29, 1.82) is 0 Å². The third-order valence-electron chi connectivity index (χ3n) is 1.71. The summed E-state index contributed by atoms with van der Waals surface area (Å²) in [6.07, 6.45) is 2.06. The van der Waals surface area contributed by atoms with Gasteiger partial charge >= 0.3 is 0 Å². The highest BCUT2D eigenvalue weighted by atomic mass is 79.9. The number of nitrogens with one attached hydrogen (secondary N) is 1. The van der Waals surface area contributed by atoms with Gasteiger partial charge in [-0.2, -0.15) is 4.80 Å². The molecule has 1 heterocycles. The van der Waals surface area contributed by atoms with E-state index in [-0.39, 0.29) is 12.5 Å². The van der Waals surface area contributed by atoms with Gasteiger partial charge in [0, 0.05) is 6.54 Å². The summed E-state index contributed by atoms with van der Waals surface area (Å²) in [4.78, 5) is 12.7. The molecule has 0 aliphatic carbocycles. The van der Waals surface area contributed by atoms with Crippen LogP contribution in [0.4, 0.5) is 0 Å². The lowest BCUT2D eigenvalue weighted by atomic mass is 10.3. The van der Waals surface area contributed by atoms with Crippen LogP contribution < -0.4 is 5.32 Å². The van der Waals surface area contributed by atoms with E-state index in [1.54, 1.807) is 0 Å². The van der Waals surface area contributed by atoms with E-state index in [4.69, 9.17) is 0 Å². The average Bonchev–Trinajstić information content (AvgIpc) is 2.46. The molecule has 1 aromatic heterocycles. The molecule has 0 saturated carbocycles. The first kappa shape index (κ1) is 12.6. The molecule has 0 aliphatic heterocycles. The number of hydrogen-bond donors (Lipinski definition) is 1. The van der Waals surface area contributed by atoms with Gasteiger partial charge in [-0.15, -0.1) is 10.2 Å². The molecule has 5 nitrogen and oxygen atoms in total. The summed E-state index contributed by atoms with van der Waals surface area (Å²) in [5.41, 5.74) is 0.